The Morgan fingerprint density at radius 3 is 1.07 bits per heavy atom. The van der Waals surface area contributed by atoms with Crippen molar-refractivity contribution in [2.24, 2.45) is 0 Å². The fourth-order valence-corrected chi connectivity index (χ4v) is 15.9. The van der Waals surface area contributed by atoms with Crippen molar-refractivity contribution in [3.63, 3.8) is 0 Å². The summed E-state index contributed by atoms with van der Waals surface area (Å²) in [6.45, 7) is 41.0. The zero-order chi connectivity index (χ0) is 71.0. The summed E-state index contributed by atoms with van der Waals surface area (Å²) in [6, 6.07) is 92.4. The van der Waals surface area contributed by atoms with Crippen LogP contribution in [-0.4, -0.2) is 0 Å². The zero-order valence-corrected chi connectivity index (χ0v) is 62.3. The van der Waals surface area contributed by atoms with Gasteiger partial charge in [-0.2, -0.15) is 0 Å². The minimum Gasteiger partial charge on any atom is -0.455 e. The van der Waals surface area contributed by atoms with E-state index in [2.05, 4.69) is 382 Å². The van der Waals surface area contributed by atoms with Crippen molar-refractivity contribution >= 4 is 95.1 Å². The largest absolute Gasteiger partial charge is 0.455 e. The van der Waals surface area contributed by atoms with Crippen molar-refractivity contribution in [3.8, 4) is 11.1 Å². The van der Waals surface area contributed by atoms with Crippen LogP contribution in [0.1, 0.15) is 175 Å². The second-order valence-corrected chi connectivity index (χ2v) is 33.1. The molecular formula is C96H95N3O2. The Bertz CT molecular complexity index is 5430. The molecule has 14 aromatic rings. The van der Waals surface area contributed by atoms with Gasteiger partial charge in [-0.25, -0.2) is 0 Å². The highest BCUT2D eigenvalue weighted by Crippen LogP contribution is 2.65. The van der Waals surface area contributed by atoms with E-state index in [1.165, 1.54) is 44.5 Å². The van der Waals surface area contributed by atoms with Crippen molar-refractivity contribution < 1.29 is 8.83 Å². The van der Waals surface area contributed by atoms with E-state index in [4.69, 9.17) is 8.83 Å². The van der Waals surface area contributed by atoms with Crippen molar-refractivity contribution in [1.29, 1.82) is 0 Å². The summed E-state index contributed by atoms with van der Waals surface area (Å²) in [7, 11) is 0. The van der Waals surface area contributed by atoms with E-state index < -0.39 is 5.41 Å². The Morgan fingerprint density at radius 2 is 0.663 bits per heavy atom. The average Bonchev–Trinajstić information content (AvgIpc) is 1.50. The van der Waals surface area contributed by atoms with E-state index in [0.717, 1.165) is 134 Å². The molecule has 0 saturated carbocycles. The van der Waals surface area contributed by atoms with E-state index in [1.807, 2.05) is 0 Å². The van der Waals surface area contributed by atoms with Gasteiger partial charge >= 0.3 is 0 Å². The fraction of sp³-hybridized carbons (Fsp3) is 0.250. The number of anilines is 9. The molecule has 0 N–H and O–H groups in total. The first-order valence-corrected chi connectivity index (χ1v) is 36.2. The quantitative estimate of drug-likeness (QED) is 0.122. The third-order valence-electron chi connectivity index (χ3n) is 21.5. The number of hydrogen-bond donors (Lipinski definition) is 0. The molecule has 2 aromatic heterocycles. The summed E-state index contributed by atoms with van der Waals surface area (Å²) in [6.07, 6.45) is 0. The molecule has 0 saturated heterocycles. The van der Waals surface area contributed by atoms with Gasteiger partial charge in [-0.1, -0.05) is 254 Å². The maximum Gasteiger partial charge on any atom is 0.160 e. The van der Waals surface area contributed by atoms with Crippen molar-refractivity contribution in [2.75, 3.05) is 14.7 Å². The van der Waals surface area contributed by atoms with Crippen LogP contribution in [0.25, 0.3) is 55.0 Å². The topological polar surface area (TPSA) is 36.0 Å². The van der Waals surface area contributed by atoms with Gasteiger partial charge in [0.25, 0.3) is 0 Å². The van der Waals surface area contributed by atoms with Crippen molar-refractivity contribution in [2.45, 2.75) is 158 Å². The Hall–Kier alpha value is -10.4. The SMILES string of the molecule is Cc1ccc(N(c2ccc(C(C)(C)C)cc2)c2cc3c(c4c2oc2ccccc24)-c2c(cc(N(c4ccc(C(C)(C)C)cc4)c4ccc(C)cc4C)c4c2oc2ccccc24)C3(c2ccc(C(C)C)cc2)c2ccc(N(c3ccc(C(C)(C)C)cc3)c3ccc(C(C)(C)C)cc3)cc2)c(C)c1. The Labute approximate surface area is 598 Å². The number of furan rings is 2. The van der Waals surface area contributed by atoms with E-state index in [0.29, 0.717) is 5.92 Å². The van der Waals surface area contributed by atoms with Crippen LogP contribution < -0.4 is 14.7 Å². The minimum atomic E-state index is -1.04. The molecule has 506 valence electrons. The van der Waals surface area contributed by atoms with Gasteiger partial charge in [0.2, 0.25) is 0 Å². The van der Waals surface area contributed by atoms with Gasteiger partial charge in [0.15, 0.2) is 5.58 Å². The molecule has 0 radical (unpaired) electrons. The van der Waals surface area contributed by atoms with Crippen LogP contribution in [0, 0.1) is 27.7 Å². The highest BCUT2D eigenvalue weighted by atomic mass is 16.3. The number of benzene rings is 12. The van der Waals surface area contributed by atoms with Gasteiger partial charge < -0.3 is 23.5 Å². The molecule has 1 aliphatic carbocycles. The van der Waals surface area contributed by atoms with Crippen LogP contribution in [0.15, 0.2) is 251 Å². The van der Waals surface area contributed by atoms with E-state index in [-0.39, 0.29) is 21.7 Å². The molecule has 0 aliphatic heterocycles. The van der Waals surface area contributed by atoms with Gasteiger partial charge in [0, 0.05) is 67.1 Å². The summed E-state index contributed by atoms with van der Waals surface area (Å²) in [5, 5.41) is 4.15. The molecule has 0 spiro atoms. The second-order valence-electron chi connectivity index (χ2n) is 33.1. The molecular weight excluding hydrogens is 1230 g/mol. The van der Waals surface area contributed by atoms with Crippen LogP contribution in [0.2, 0.25) is 0 Å². The normalized spacial score (nSPS) is 14.2. The highest BCUT2D eigenvalue weighted by molar-refractivity contribution is 6.26. The number of hydrogen-bond acceptors (Lipinski definition) is 5. The third-order valence-corrected chi connectivity index (χ3v) is 21.5. The lowest BCUT2D eigenvalue weighted by atomic mass is 9.67. The van der Waals surface area contributed by atoms with Crippen LogP contribution in [0.5, 0.6) is 0 Å². The summed E-state index contributed by atoms with van der Waals surface area (Å²) < 4.78 is 15.4. The van der Waals surface area contributed by atoms with Gasteiger partial charge in [0.05, 0.1) is 22.2 Å². The number of nitrogens with zero attached hydrogens (tertiary/aromatic N) is 3. The Kier molecular flexibility index (Phi) is 16.1. The first-order chi connectivity index (χ1) is 48.1. The fourth-order valence-electron chi connectivity index (χ4n) is 15.9. The maximum atomic E-state index is 7.80. The Morgan fingerprint density at radius 1 is 0.317 bits per heavy atom. The molecule has 0 amide bonds. The lowest BCUT2D eigenvalue weighted by molar-refractivity contribution is 0.590. The smallest absolute Gasteiger partial charge is 0.160 e. The molecule has 5 heteroatoms. The van der Waals surface area contributed by atoms with Crippen molar-refractivity contribution in [1.82, 2.24) is 0 Å². The minimum absolute atomic E-state index is 0.0172. The standard InChI is InChI=1S/C96H95N3O2/c1-59(2)64-29-31-69(32-30-64)96(70-41-51-73(52-42-70)97(71-43-33-65(34-44-71)92(7,8)9)72-45-35-66(36-46-72)93(10,11)12)78-58-83(99(81-54-28-61(4)56-63(81)6)75-49-39-68(40-50-75)95(16,17)18)90-87(77-24-20-22-26-85(77)100-90)88(78)89-79(96)57-82(86-76-23-19-21-25-84(76)101-91(86)89)98(80-53-27-60(3)55-62(80)5)74-47-37-67(38-48-74)94(13,14)15/h19-59H,1-18H3. The predicted molar refractivity (Wildman–Crippen MR) is 430 cm³/mol. The highest BCUT2D eigenvalue weighted by Gasteiger charge is 2.51. The number of para-hydroxylation sites is 2. The molecule has 12 aromatic carbocycles. The number of fused-ring (bicyclic) bond motifs is 11. The third kappa shape index (κ3) is 11.4. The average molecular weight is 1320 g/mol. The van der Waals surface area contributed by atoms with E-state index >= 15 is 0 Å². The molecule has 101 heavy (non-hydrogen) atoms. The summed E-state index contributed by atoms with van der Waals surface area (Å²) in [5.41, 5.74) is 29.3. The maximum absolute atomic E-state index is 7.80. The van der Waals surface area contributed by atoms with Gasteiger partial charge in [-0.15, -0.1) is 0 Å². The predicted octanol–water partition coefficient (Wildman–Crippen LogP) is 27.8. The van der Waals surface area contributed by atoms with Crippen LogP contribution in [-0.2, 0) is 27.1 Å². The van der Waals surface area contributed by atoms with Gasteiger partial charge in [-0.05, 0) is 214 Å². The molecule has 2 heterocycles. The van der Waals surface area contributed by atoms with Crippen molar-refractivity contribution in [3.05, 3.63) is 315 Å². The molecule has 1 aliphatic rings. The Balaban J connectivity index is 1.13. The molecule has 1 atom stereocenters. The van der Waals surface area contributed by atoms with Crippen LogP contribution in [0.4, 0.5) is 51.2 Å². The van der Waals surface area contributed by atoms with E-state index in [9.17, 15) is 0 Å². The lowest BCUT2D eigenvalue weighted by Crippen LogP contribution is -2.29. The lowest BCUT2D eigenvalue weighted by Gasteiger charge is -2.37. The van der Waals surface area contributed by atoms with Gasteiger partial charge in [0.1, 0.15) is 16.7 Å². The molecule has 5 nitrogen and oxygen atoms in total. The summed E-state index contributed by atoms with van der Waals surface area (Å²) >= 11 is 0. The van der Waals surface area contributed by atoms with Crippen LogP contribution >= 0.6 is 0 Å². The van der Waals surface area contributed by atoms with Crippen LogP contribution in [0.3, 0.4) is 0 Å². The molecule has 1 unspecified atom stereocenters. The first kappa shape index (κ1) is 66.5. The molecule has 15 rings (SSSR count). The number of rotatable bonds is 12. The first-order valence-electron chi connectivity index (χ1n) is 36.2. The zero-order valence-electron chi connectivity index (χ0n) is 62.3. The van der Waals surface area contributed by atoms with E-state index in [1.54, 1.807) is 0 Å². The van der Waals surface area contributed by atoms with Gasteiger partial charge in [-0.3, -0.25) is 0 Å². The summed E-state index contributed by atoms with van der Waals surface area (Å²) in [4.78, 5) is 7.43. The second kappa shape index (κ2) is 24.5. The monoisotopic (exact) mass is 1320 g/mol. The molecule has 0 bridgehead atoms. The summed E-state index contributed by atoms with van der Waals surface area (Å²) in [5.74, 6) is 0.292. The number of aryl methyl sites for hydroxylation is 4. The molecule has 0 fully saturated rings.